The number of benzene rings is 3. The minimum atomic E-state index is -0.505. The number of nitrogens with one attached hydrogen (secondary N) is 2. The Bertz CT molecular complexity index is 1040. The molecule has 8 heteroatoms. The van der Waals surface area contributed by atoms with Gasteiger partial charge in [0.05, 0.1) is 12.2 Å². The number of hydrogen-bond acceptors (Lipinski definition) is 5. The molecular formula is C24H23BrN2O5. The molecule has 0 unspecified atom stereocenters. The van der Waals surface area contributed by atoms with E-state index in [4.69, 9.17) is 14.2 Å². The fraction of sp³-hybridized carbons (Fsp3) is 0.167. The van der Waals surface area contributed by atoms with Crippen LogP contribution in [0.5, 0.6) is 11.5 Å². The third kappa shape index (κ3) is 6.83. The molecule has 3 rings (SSSR count). The first-order valence-corrected chi connectivity index (χ1v) is 10.6. The predicted octanol–water partition coefficient (Wildman–Crippen LogP) is 4.13. The van der Waals surface area contributed by atoms with E-state index in [1.165, 1.54) is 0 Å². The molecule has 0 saturated heterocycles. The van der Waals surface area contributed by atoms with Crippen LogP contribution in [-0.4, -0.2) is 32.1 Å². The highest BCUT2D eigenvalue weighted by molar-refractivity contribution is 9.10. The lowest BCUT2D eigenvalue weighted by Gasteiger charge is -2.13. The van der Waals surface area contributed by atoms with Gasteiger partial charge in [-0.2, -0.15) is 0 Å². The number of carbonyl (C=O) groups is 2. The molecule has 0 atom stereocenters. The summed E-state index contributed by atoms with van der Waals surface area (Å²) in [6, 6.07) is 21.5. The summed E-state index contributed by atoms with van der Waals surface area (Å²) >= 11 is 3.34. The second-order valence-corrected chi connectivity index (χ2v) is 7.60. The number of methoxy groups -OCH3 is 1. The largest absolute Gasteiger partial charge is 0.490 e. The van der Waals surface area contributed by atoms with Gasteiger partial charge < -0.3 is 14.2 Å². The molecule has 32 heavy (non-hydrogen) atoms. The standard InChI is InChI=1S/C24H23BrN2O5/c1-30-13-14-31-22-12-9-19(25)15-21(22)24(29)27-26-23(28)18-7-10-20(11-8-18)32-16-17-5-3-2-4-6-17/h2-12,15H,13-14,16H2,1H3,(H,26,28)(H,27,29). The Morgan fingerprint density at radius 1 is 0.844 bits per heavy atom. The number of hydrogen-bond donors (Lipinski definition) is 2. The van der Waals surface area contributed by atoms with Crippen molar-refractivity contribution in [3.05, 3.63) is 94.0 Å². The molecule has 166 valence electrons. The van der Waals surface area contributed by atoms with Gasteiger partial charge in [-0.15, -0.1) is 0 Å². The van der Waals surface area contributed by atoms with Crippen molar-refractivity contribution in [1.82, 2.24) is 10.9 Å². The van der Waals surface area contributed by atoms with Crippen molar-refractivity contribution >= 4 is 27.7 Å². The van der Waals surface area contributed by atoms with Crippen molar-refractivity contribution in [3.63, 3.8) is 0 Å². The second-order valence-electron chi connectivity index (χ2n) is 6.69. The van der Waals surface area contributed by atoms with Gasteiger partial charge in [0.15, 0.2) is 0 Å². The van der Waals surface area contributed by atoms with Crippen LogP contribution in [0.4, 0.5) is 0 Å². The molecule has 0 fully saturated rings. The van der Waals surface area contributed by atoms with E-state index in [9.17, 15) is 9.59 Å². The van der Waals surface area contributed by atoms with Crippen molar-refractivity contribution < 1.29 is 23.8 Å². The minimum Gasteiger partial charge on any atom is -0.490 e. The monoisotopic (exact) mass is 498 g/mol. The maximum atomic E-state index is 12.6. The highest BCUT2D eigenvalue weighted by Crippen LogP contribution is 2.23. The zero-order valence-electron chi connectivity index (χ0n) is 17.5. The lowest BCUT2D eigenvalue weighted by Crippen LogP contribution is -2.41. The quantitative estimate of drug-likeness (QED) is 0.342. The molecule has 0 heterocycles. The molecule has 0 aromatic heterocycles. The first kappa shape index (κ1) is 23.3. The molecule has 7 nitrogen and oxygen atoms in total. The molecule has 0 spiro atoms. The molecule has 0 aliphatic carbocycles. The Hall–Kier alpha value is -3.36. The molecule has 0 aliphatic heterocycles. The van der Waals surface area contributed by atoms with E-state index in [-0.39, 0.29) is 5.56 Å². The van der Waals surface area contributed by atoms with Gasteiger partial charge >= 0.3 is 0 Å². The summed E-state index contributed by atoms with van der Waals surface area (Å²) in [6.45, 7) is 1.12. The van der Waals surface area contributed by atoms with Crippen LogP contribution in [0, 0.1) is 0 Å². The number of hydrazine groups is 1. The highest BCUT2D eigenvalue weighted by atomic mass is 79.9. The van der Waals surface area contributed by atoms with E-state index in [0.717, 1.165) is 5.56 Å². The molecular weight excluding hydrogens is 476 g/mol. The number of carbonyl (C=O) groups excluding carboxylic acids is 2. The lowest BCUT2D eigenvalue weighted by atomic mass is 10.2. The summed E-state index contributed by atoms with van der Waals surface area (Å²) in [5.41, 5.74) is 6.54. The Morgan fingerprint density at radius 3 is 2.28 bits per heavy atom. The molecule has 2 amide bonds. The lowest BCUT2D eigenvalue weighted by molar-refractivity contribution is 0.0842. The van der Waals surface area contributed by atoms with Crippen molar-refractivity contribution in [1.29, 1.82) is 0 Å². The van der Waals surface area contributed by atoms with E-state index in [0.29, 0.717) is 41.4 Å². The third-order valence-electron chi connectivity index (χ3n) is 4.39. The molecule has 0 aliphatic rings. The third-order valence-corrected chi connectivity index (χ3v) is 4.88. The average Bonchev–Trinajstić information content (AvgIpc) is 2.83. The maximum absolute atomic E-state index is 12.6. The summed E-state index contributed by atoms with van der Waals surface area (Å²) in [7, 11) is 1.57. The summed E-state index contributed by atoms with van der Waals surface area (Å²) in [5.74, 6) is 0.0676. The SMILES string of the molecule is COCCOc1ccc(Br)cc1C(=O)NNC(=O)c1ccc(OCc2ccccc2)cc1. The highest BCUT2D eigenvalue weighted by Gasteiger charge is 2.15. The molecule has 3 aromatic carbocycles. The van der Waals surface area contributed by atoms with E-state index in [1.54, 1.807) is 49.6 Å². The average molecular weight is 499 g/mol. The van der Waals surface area contributed by atoms with Crippen LogP contribution in [0.25, 0.3) is 0 Å². The minimum absolute atomic E-state index is 0.278. The van der Waals surface area contributed by atoms with E-state index < -0.39 is 11.8 Å². The fourth-order valence-electron chi connectivity index (χ4n) is 2.74. The topological polar surface area (TPSA) is 85.9 Å². The van der Waals surface area contributed by atoms with Crippen LogP contribution < -0.4 is 20.3 Å². The smallest absolute Gasteiger partial charge is 0.273 e. The Labute approximate surface area is 194 Å². The Morgan fingerprint density at radius 2 is 1.56 bits per heavy atom. The summed E-state index contributed by atoms with van der Waals surface area (Å²) in [4.78, 5) is 25.0. The fourth-order valence-corrected chi connectivity index (χ4v) is 3.10. The van der Waals surface area contributed by atoms with Gasteiger partial charge in [-0.1, -0.05) is 46.3 Å². The first-order valence-electron chi connectivity index (χ1n) is 9.85. The van der Waals surface area contributed by atoms with E-state index >= 15 is 0 Å². The van der Waals surface area contributed by atoms with Crippen molar-refractivity contribution in [2.24, 2.45) is 0 Å². The van der Waals surface area contributed by atoms with E-state index in [1.807, 2.05) is 30.3 Å². The van der Waals surface area contributed by atoms with Crippen molar-refractivity contribution in [2.45, 2.75) is 6.61 Å². The Kier molecular flexibility index (Phi) is 8.65. The number of rotatable bonds is 9. The van der Waals surface area contributed by atoms with Gasteiger partial charge in [0.25, 0.3) is 11.8 Å². The summed E-state index contributed by atoms with van der Waals surface area (Å²) in [6.07, 6.45) is 0. The molecule has 0 saturated carbocycles. The second kappa shape index (κ2) is 11.9. The summed E-state index contributed by atoms with van der Waals surface area (Å²) < 4.78 is 17.0. The van der Waals surface area contributed by atoms with Crippen LogP contribution >= 0.6 is 15.9 Å². The van der Waals surface area contributed by atoms with Gasteiger partial charge in [-0.25, -0.2) is 0 Å². The zero-order chi connectivity index (χ0) is 22.8. The van der Waals surface area contributed by atoms with Crippen LogP contribution in [-0.2, 0) is 11.3 Å². The predicted molar refractivity (Wildman–Crippen MR) is 124 cm³/mol. The molecule has 3 aromatic rings. The van der Waals surface area contributed by atoms with Crippen LogP contribution in [0.15, 0.2) is 77.3 Å². The van der Waals surface area contributed by atoms with Gasteiger partial charge in [0.2, 0.25) is 0 Å². The van der Waals surface area contributed by atoms with Crippen LogP contribution in [0.1, 0.15) is 26.3 Å². The maximum Gasteiger partial charge on any atom is 0.273 e. The molecule has 0 radical (unpaired) electrons. The number of amides is 2. The van der Waals surface area contributed by atoms with Gasteiger partial charge in [-0.3, -0.25) is 20.4 Å². The number of ether oxygens (including phenoxy) is 3. The van der Waals surface area contributed by atoms with Crippen LogP contribution in [0.2, 0.25) is 0 Å². The molecule has 2 N–H and O–H groups in total. The first-order chi connectivity index (χ1) is 15.6. The summed E-state index contributed by atoms with van der Waals surface area (Å²) in [5, 5.41) is 0. The van der Waals surface area contributed by atoms with Crippen molar-refractivity contribution in [3.8, 4) is 11.5 Å². The van der Waals surface area contributed by atoms with Crippen LogP contribution in [0.3, 0.4) is 0 Å². The molecule has 0 bridgehead atoms. The normalized spacial score (nSPS) is 10.3. The van der Waals surface area contributed by atoms with Gasteiger partial charge in [0, 0.05) is 17.1 Å². The van der Waals surface area contributed by atoms with Gasteiger partial charge in [-0.05, 0) is 48.0 Å². The Balaban J connectivity index is 1.55. The van der Waals surface area contributed by atoms with Crippen molar-refractivity contribution in [2.75, 3.05) is 20.3 Å². The van der Waals surface area contributed by atoms with Gasteiger partial charge in [0.1, 0.15) is 24.7 Å². The zero-order valence-corrected chi connectivity index (χ0v) is 19.1. The number of halogens is 1. The van der Waals surface area contributed by atoms with E-state index in [2.05, 4.69) is 26.8 Å².